The number of aliphatic carboxylic acids is 1. The number of halogens is 1. The van der Waals surface area contributed by atoms with Gasteiger partial charge in [-0.1, -0.05) is 6.07 Å². The van der Waals surface area contributed by atoms with Crippen molar-refractivity contribution in [2.24, 2.45) is 5.92 Å². The third kappa shape index (κ3) is 3.13. The van der Waals surface area contributed by atoms with Crippen molar-refractivity contribution < 1.29 is 19.1 Å². The Morgan fingerprint density at radius 3 is 2.78 bits per heavy atom. The molecule has 0 saturated carbocycles. The van der Waals surface area contributed by atoms with Crippen LogP contribution in [-0.4, -0.2) is 39.1 Å². The molecule has 1 aromatic carbocycles. The summed E-state index contributed by atoms with van der Waals surface area (Å²) in [5.74, 6) is -1.76. The summed E-state index contributed by atoms with van der Waals surface area (Å²) in [4.78, 5) is 29.6. The molecule has 2 bridgehead atoms. The molecule has 140 valence electrons. The zero-order chi connectivity index (χ0) is 19.1. The van der Waals surface area contributed by atoms with E-state index < -0.39 is 17.7 Å². The Balaban J connectivity index is 1.54. The molecule has 2 amide bonds. The molecule has 27 heavy (non-hydrogen) atoms. The van der Waals surface area contributed by atoms with E-state index in [0.29, 0.717) is 17.7 Å². The van der Waals surface area contributed by atoms with Crippen LogP contribution >= 0.6 is 0 Å². The first kappa shape index (κ1) is 17.5. The quantitative estimate of drug-likeness (QED) is 0.865. The maximum absolute atomic E-state index is 13.5. The number of hydrogen-bond acceptors (Lipinski definition) is 3. The van der Waals surface area contributed by atoms with Gasteiger partial charge in [-0.05, 0) is 55.5 Å². The Kier molecular flexibility index (Phi) is 4.30. The van der Waals surface area contributed by atoms with Crippen LogP contribution in [0.3, 0.4) is 0 Å². The van der Waals surface area contributed by atoms with Crippen LogP contribution in [0.25, 0.3) is 11.1 Å². The van der Waals surface area contributed by atoms with Gasteiger partial charge in [0, 0.05) is 29.5 Å². The average molecular weight is 369 g/mol. The number of piperidine rings is 1. The molecule has 2 aromatic rings. The van der Waals surface area contributed by atoms with Crippen LogP contribution in [0.5, 0.6) is 0 Å². The van der Waals surface area contributed by atoms with Crippen LogP contribution in [0.4, 0.5) is 14.9 Å². The molecule has 7 heteroatoms. The number of fused-ring (bicyclic) bond motifs is 2. The van der Waals surface area contributed by atoms with Crippen molar-refractivity contribution >= 4 is 17.7 Å². The number of hydrogen-bond donors (Lipinski definition) is 2. The van der Waals surface area contributed by atoms with Crippen molar-refractivity contribution in [1.29, 1.82) is 0 Å². The van der Waals surface area contributed by atoms with E-state index in [1.54, 1.807) is 23.2 Å². The second-order valence-electron chi connectivity index (χ2n) is 7.24. The number of nitrogens with zero attached hydrogens (tertiary/aromatic N) is 2. The molecule has 4 rings (SSSR count). The van der Waals surface area contributed by atoms with Gasteiger partial charge in [-0.15, -0.1) is 0 Å². The number of anilines is 1. The molecule has 2 fully saturated rings. The van der Waals surface area contributed by atoms with E-state index in [1.165, 1.54) is 6.07 Å². The lowest BCUT2D eigenvalue weighted by molar-refractivity contribution is -0.151. The molecule has 0 aliphatic carbocycles. The number of amides is 2. The van der Waals surface area contributed by atoms with Crippen LogP contribution in [0.2, 0.25) is 0 Å². The third-order valence-corrected chi connectivity index (χ3v) is 5.60. The van der Waals surface area contributed by atoms with E-state index >= 15 is 0 Å². The second kappa shape index (κ2) is 6.64. The topological polar surface area (TPSA) is 82.5 Å². The number of urea groups is 1. The average Bonchev–Trinajstić information content (AvgIpc) is 2.63. The second-order valence-corrected chi connectivity index (χ2v) is 7.24. The fourth-order valence-corrected chi connectivity index (χ4v) is 4.18. The molecular formula is C20H20FN3O3. The van der Waals surface area contributed by atoms with Crippen LogP contribution in [0, 0.1) is 18.7 Å². The summed E-state index contributed by atoms with van der Waals surface area (Å²) in [6, 6.07) is 6.42. The molecular weight excluding hydrogens is 349 g/mol. The lowest BCUT2D eigenvalue weighted by Crippen LogP contribution is -2.66. The van der Waals surface area contributed by atoms with Gasteiger partial charge in [0.25, 0.3) is 0 Å². The highest BCUT2D eigenvalue weighted by atomic mass is 19.1. The maximum atomic E-state index is 13.5. The minimum Gasteiger partial charge on any atom is -0.481 e. The minimum atomic E-state index is -0.841. The molecule has 2 aliphatic rings. The molecule has 3 heterocycles. The zero-order valence-electron chi connectivity index (χ0n) is 14.9. The number of aryl methyl sites for hydroxylation is 1. The summed E-state index contributed by atoms with van der Waals surface area (Å²) >= 11 is 0. The monoisotopic (exact) mass is 369 g/mol. The number of nitrogens with one attached hydrogen (secondary N) is 1. The Morgan fingerprint density at radius 1 is 1.26 bits per heavy atom. The number of rotatable bonds is 3. The zero-order valence-corrected chi connectivity index (χ0v) is 14.9. The normalized spacial score (nSPS) is 23.5. The number of pyridine rings is 1. The van der Waals surface area contributed by atoms with E-state index in [2.05, 4.69) is 10.3 Å². The van der Waals surface area contributed by atoms with Crippen LogP contribution < -0.4 is 5.32 Å². The van der Waals surface area contributed by atoms with E-state index in [4.69, 9.17) is 0 Å². The Morgan fingerprint density at radius 2 is 2.07 bits per heavy atom. The molecule has 3 unspecified atom stereocenters. The van der Waals surface area contributed by atoms with E-state index in [1.807, 2.05) is 13.0 Å². The number of carboxylic acid groups (broad SMARTS) is 1. The predicted octanol–water partition coefficient (Wildman–Crippen LogP) is 3.67. The van der Waals surface area contributed by atoms with Crippen molar-refractivity contribution in [3.63, 3.8) is 0 Å². The van der Waals surface area contributed by atoms with Crippen molar-refractivity contribution in [3.8, 4) is 11.1 Å². The molecule has 6 nitrogen and oxygen atoms in total. The van der Waals surface area contributed by atoms with Crippen molar-refractivity contribution in [2.75, 3.05) is 5.32 Å². The van der Waals surface area contributed by atoms with Crippen LogP contribution in [0.15, 0.2) is 36.7 Å². The van der Waals surface area contributed by atoms with E-state index in [9.17, 15) is 19.1 Å². The third-order valence-electron chi connectivity index (χ3n) is 5.60. The fourth-order valence-electron chi connectivity index (χ4n) is 4.18. The van der Waals surface area contributed by atoms with Gasteiger partial charge in [0.15, 0.2) is 0 Å². The first-order valence-corrected chi connectivity index (χ1v) is 8.97. The summed E-state index contributed by atoms with van der Waals surface area (Å²) < 4.78 is 13.5. The first-order chi connectivity index (χ1) is 12.9. The van der Waals surface area contributed by atoms with E-state index in [0.717, 1.165) is 30.2 Å². The maximum Gasteiger partial charge on any atom is 0.322 e. The van der Waals surface area contributed by atoms with E-state index in [-0.39, 0.29) is 18.1 Å². The summed E-state index contributed by atoms with van der Waals surface area (Å²) in [6.45, 7) is 1.91. The molecule has 1 aromatic heterocycles. The van der Waals surface area contributed by atoms with Gasteiger partial charge in [0.05, 0.1) is 12.1 Å². The SMILES string of the molecule is Cc1ccc(NC(=O)N2C3CCC(C(=O)O)C2C3)cc1-c1cncc(F)c1. The fraction of sp³-hybridized carbons (Fsp3) is 0.350. The van der Waals surface area contributed by atoms with Crippen LogP contribution in [-0.2, 0) is 4.79 Å². The van der Waals surface area contributed by atoms with Gasteiger partial charge in [-0.3, -0.25) is 9.78 Å². The minimum absolute atomic E-state index is 0.114. The van der Waals surface area contributed by atoms with Crippen LogP contribution in [0.1, 0.15) is 24.8 Å². The standard InChI is InChI=1S/C20H20FN3O3/c1-11-2-3-14(7-17(11)12-6-13(21)10-22-9-12)23-20(27)24-15-4-5-16(19(25)26)18(24)8-15/h2-3,6-7,9-10,15-16,18H,4-5,8H2,1H3,(H,23,27)(H,25,26). The molecule has 2 saturated heterocycles. The molecule has 2 aliphatic heterocycles. The molecule has 2 N–H and O–H groups in total. The molecule has 0 radical (unpaired) electrons. The van der Waals surface area contributed by atoms with Gasteiger partial charge in [-0.2, -0.15) is 0 Å². The van der Waals surface area contributed by atoms with Crippen molar-refractivity contribution in [2.45, 2.75) is 38.3 Å². The highest BCUT2D eigenvalue weighted by Gasteiger charge is 2.51. The number of carbonyl (C=O) groups excluding carboxylic acids is 1. The van der Waals surface area contributed by atoms with Gasteiger partial charge in [-0.25, -0.2) is 9.18 Å². The molecule has 3 atom stereocenters. The highest BCUT2D eigenvalue weighted by Crippen LogP contribution is 2.42. The number of benzene rings is 1. The lowest BCUT2D eigenvalue weighted by Gasteiger charge is -2.55. The number of carbonyl (C=O) groups is 2. The summed E-state index contributed by atoms with van der Waals surface area (Å²) in [5.41, 5.74) is 2.94. The Hall–Kier alpha value is -2.96. The number of carboxylic acids is 1. The first-order valence-electron chi connectivity index (χ1n) is 8.97. The lowest BCUT2D eigenvalue weighted by atomic mass is 9.72. The largest absolute Gasteiger partial charge is 0.481 e. The smallest absolute Gasteiger partial charge is 0.322 e. The summed E-state index contributed by atoms with van der Waals surface area (Å²) in [5, 5.41) is 12.2. The Bertz CT molecular complexity index is 915. The summed E-state index contributed by atoms with van der Waals surface area (Å²) in [6.07, 6.45) is 4.81. The predicted molar refractivity (Wildman–Crippen MR) is 97.8 cm³/mol. The van der Waals surface area contributed by atoms with Gasteiger partial charge < -0.3 is 15.3 Å². The summed E-state index contributed by atoms with van der Waals surface area (Å²) in [7, 11) is 0. The van der Waals surface area contributed by atoms with Crippen molar-refractivity contribution in [1.82, 2.24) is 9.88 Å². The number of aromatic nitrogens is 1. The van der Waals surface area contributed by atoms with Crippen molar-refractivity contribution in [3.05, 3.63) is 48.0 Å². The van der Waals surface area contributed by atoms with Gasteiger partial charge in [0.1, 0.15) is 5.82 Å². The van der Waals surface area contributed by atoms with Gasteiger partial charge >= 0.3 is 12.0 Å². The molecule has 0 spiro atoms. The van der Waals surface area contributed by atoms with Gasteiger partial charge in [0.2, 0.25) is 0 Å². The Labute approximate surface area is 156 Å². The highest BCUT2D eigenvalue weighted by molar-refractivity contribution is 5.92.